The van der Waals surface area contributed by atoms with Gasteiger partial charge in [0.15, 0.2) is 0 Å². The second-order valence-electron chi connectivity index (χ2n) is 7.80. The number of rotatable bonds is 5. The van der Waals surface area contributed by atoms with E-state index in [1.165, 1.54) is 31.2 Å². The molecule has 4 aromatic rings. The first-order valence-electron chi connectivity index (χ1n) is 10.7. The summed E-state index contributed by atoms with van der Waals surface area (Å²) in [6, 6.07) is 27.5. The van der Waals surface area contributed by atoms with Gasteiger partial charge in [-0.25, -0.2) is 18.2 Å². The molecule has 1 saturated carbocycles. The minimum Gasteiger partial charge on any atom is -0.380 e. The fourth-order valence-electron chi connectivity index (χ4n) is 4.10. The average Bonchev–Trinajstić information content (AvgIpc) is 3.50. The minimum atomic E-state index is 0. The fraction of sp³-hybridized carbons (Fsp3) is 0.269. The number of pyridine rings is 1. The Morgan fingerprint density at radius 1 is 0.968 bits per heavy atom. The van der Waals surface area contributed by atoms with Gasteiger partial charge in [0.25, 0.3) is 0 Å². The van der Waals surface area contributed by atoms with E-state index in [-0.39, 0.29) is 17.1 Å². The van der Waals surface area contributed by atoms with Gasteiger partial charge >= 0.3 is 17.1 Å². The van der Waals surface area contributed by atoms with Crippen LogP contribution in [0.25, 0.3) is 10.9 Å². The number of aromatic nitrogens is 1. The third-order valence-electron chi connectivity index (χ3n) is 5.67. The van der Waals surface area contributed by atoms with Gasteiger partial charge in [-0.15, -0.1) is 0 Å². The zero-order chi connectivity index (χ0) is 20.6. The van der Waals surface area contributed by atoms with E-state index in [0.717, 1.165) is 28.2 Å². The van der Waals surface area contributed by atoms with E-state index >= 15 is 0 Å². The smallest absolute Gasteiger partial charge is 0.380 e. The summed E-state index contributed by atoms with van der Waals surface area (Å²) in [6.07, 6.45) is 6.84. The van der Waals surface area contributed by atoms with Crippen LogP contribution in [-0.2, 0) is 23.6 Å². The molecule has 1 aliphatic carbocycles. The van der Waals surface area contributed by atoms with Gasteiger partial charge in [0.05, 0.1) is 5.52 Å². The average molecular weight is 474 g/mol. The van der Waals surface area contributed by atoms with Crippen molar-refractivity contribution in [1.29, 1.82) is 0 Å². The maximum atomic E-state index is 6.11. The van der Waals surface area contributed by atoms with Gasteiger partial charge in [-0.1, -0.05) is 24.4 Å². The topological polar surface area (TPSA) is 37.0 Å². The number of hydrogen-bond acceptors (Lipinski definition) is 3. The Kier molecular flexibility index (Phi) is 9.17. The van der Waals surface area contributed by atoms with Crippen molar-refractivity contribution in [3.63, 3.8) is 0 Å². The van der Waals surface area contributed by atoms with Crippen LogP contribution in [0.2, 0.25) is 5.02 Å². The second kappa shape index (κ2) is 12.1. The van der Waals surface area contributed by atoms with Gasteiger partial charge in [0.1, 0.15) is 0 Å². The Balaban J connectivity index is 0.000000401. The van der Waals surface area contributed by atoms with E-state index in [9.17, 15) is 0 Å². The fourth-order valence-corrected chi connectivity index (χ4v) is 4.26. The first kappa shape index (κ1) is 23.6. The van der Waals surface area contributed by atoms with Crippen molar-refractivity contribution in [3.05, 3.63) is 95.6 Å². The van der Waals surface area contributed by atoms with Crippen LogP contribution in [0.1, 0.15) is 31.2 Å². The van der Waals surface area contributed by atoms with Gasteiger partial charge in [-0.2, -0.15) is 42.0 Å². The molecule has 0 saturated heterocycles. The van der Waals surface area contributed by atoms with Crippen LogP contribution in [0.5, 0.6) is 0 Å². The van der Waals surface area contributed by atoms with Crippen LogP contribution in [-0.4, -0.2) is 17.1 Å². The van der Waals surface area contributed by atoms with Crippen molar-refractivity contribution >= 4 is 28.2 Å². The molecule has 1 aromatic heterocycles. The summed E-state index contributed by atoms with van der Waals surface area (Å²) in [7, 11) is 0. The predicted octanol–water partition coefficient (Wildman–Crippen LogP) is 6.52. The molecule has 3 nitrogen and oxygen atoms in total. The summed E-state index contributed by atoms with van der Waals surface area (Å²) < 4.78 is 0. The molecule has 0 amide bonds. The minimum absolute atomic E-state index is 0. The molecular weight excluding hydrogens is 446 g/mol. The molecule has 31 heavy (non-hydrogen) atoms. The number of hydrogen-bond donors (Lipinski definition) is 2. The number of anilines is 1. The van der Waals surface area contributed by atoms with E-state index in [4.69, 9.17) is 11.6 Å². The van der Waals surface area contributed by atoms with Gasteiger partial charge in [-0.05, 0) is 43.7 Å². The molecule has 3 aromatic carbocycles. The predicted molar refractivity (Wildman–Crippen MR) is 127 cm³/mol. The van der Waals surface area contributed by atoms with Crippen molar-refractivity contribution in [1.82, 2.24) is 10.3 Å². The number of nitrogens with zero attached hydrogens (tertiary/aromatic N) is 1. The van der Waals surface area contributed by atoms with E-state index in [1.54, 1.807) is 0 Å². The molecule has 0 spiro atoms. The summed E-state index contributed by atoms with van der Waals surface area (Å²) in [5.74, 6) is 0. The van der Waals surface area contributed by atoms with Crippen molar-refractivity contribution in [2.24, 2.45) is 0 Å². The first-order chi connectivity index (χ1) is 14.8. The van der Waals surface area contributed by atoms with E-state index < -0.39 is 0 Å². The van der Waals surface area contributed by atoms with E-state index in [0.29, 0.717) is 12.1 Å². The van der Waals surface area contributed by atoms with E-state index in [1.807, 2.05) is 48.7 Å². The van der Waals surface area contributed by atoms with Crippen molar-refractivity contribution in [3.8, 4) is 0 Å². The normalized spacial score (nSPS) is 18.0. The van der Waals surface area contributed by atoms with Crippen LogP contribution in [0.4, 0.5) is 5.69 Å². The maximum absolute atomic E-state index is 6.11. The maximum Gasteiger partial charge on any atom is 2.00 e. The molecule has 1 heterocycles. The summed E-state index contributed by atoms with van der Waals surface area (Å²) in [5.41, 5.74) is 3.44. The molecule has 0 bridgehead atoms. The van der Waals surface area contributed by atoms with Crippen molar-refractivity contribution in [2.45, 2.75) is 44.3 Å². The van der Waals surface area contributed by atoms with E-state index in [2.05, 4.69) is 52.0 Å². The molecular formula is C26H28ClFeN3. The molecule has 1 aliphatic rings. The molecule has 0 radical (unpaired) electrons. The van der Waals surface area contributed by atoms with Gasteiger partial charge in [-0.3, -0.25) is 4.98 Å². The Hall–Kier alpha value is -2.10. The summed E-state index contributed by atoms with van der Waals surface area (Å²) in [6.45, 7) is 0.933. The molecule has 0 aliphatic heterocycles. The number of nitrogens with one attached hydrogen (secondary N) is 2. The molecule has 0 unspecified atom stereocenters. The molecule has 1 fully saturated rings. The Bertz CT molecular complexity index is 997. The van der Waals surface area contributed by atoms with Crippen LogP contribution in [0, 0.1) is 0 Å². The molecule has 5 rings (SSSR count). The number of fused-ring (bicyclic) bond motifs is 1. The second-order valence-corrected chi connectivity index (χ2v) is 8.23. The molecule has 162 valence electrons. The Labute approximate surface area is 200 Å². The van der Waals surface area contributed by atoms with Crippen LogP contribution in [0.3, 0.4) is 0 Å². The molecule has 5 heteroatoms. The number of benzene rings is 1. The first-order valence-corrected chi connectivity index (χ1v) is 11.1. The van der Waals surface area contributed by atoms with Crippen molar-refractivity contribution in [2.75, 3.05) is 5.32 Å². The summed E-state index contributed by atoms with van der Waals surface area (Å²) in [5, 5.41) is 9.39. The SMILES string of the molecule is Clc1ccc2c(N[C@@H]3CCCC[C@H]3NCc3cc[cH-]c3)ccnc2c1.[Fe+2].c1cc[cH-]c1. The van der Waals surface area contributed by atoms with Gasteiger partial charge in [0.2, 0.25) is 0 Å². The van der Waals surface area contributed by atoms with Crippen LogP contribution < -0.4 is 10.6 Å². The summed E-state index contributed by atoms with van der Waals surface area (Å²) >= 11 is 6.11. The largest absolute Gasteiger partial charge is 2.00 e. The monoisotopic (exact) mass is 473 g/mol. The molecule has 2 atom stereocenters. The van der Waals surface area contributed by atoms with Crippen molar-refractivity contribution < 1.29 is 17.1 Å². The number of halogens is 1. The third-order valence-corrected chi connectivity index (χ3v) is 5.90. The van der Waals surface area contributed by atoms with Gasteiger partial charge in [0, 0.05) is 34.4 Å². The Morgan fingerprint density at radius 3 is 2.48 bits per heavy atom. The van der Waals surface area contributed by atoms with Crippen LogP contribution >= 0.6 is 11.6 Å². The Morgan fingerprint density at radius 2 is 1.77 bits per heavy atom. The van der Waals surface area contributed by atoms with Gasteiger partial charge < -0.3 is 10.6 Å². The molecule has 2 N–H and O–H groups in total. The zero-order valence-corrected chi connectivity index (χ0v) is 19.3. The summed E-state index contributed by atoms with van der Waals surface area (Å²) in [4.78, 5) is 4.44. The van der Waals surface area contributed by atoms with Crippen LogP contribution in [0.15, 0.2) is 85.1 Å². The standard InChI is InChI=1S/C21H23ClN3.C5H5.Fe/c22-16-9-10-17-18(11-12-23-21(17)13-16)25-20-8-4-3-7-19(20)24-14-15-5-1-2-6-15;1-2-4-5-3-1;/h1-2,5-6,9-13,19-20,24H,3-4,7-8,14H2,(H,23,25);1-5H;/q2*-1;+2/t19-,20-;;/m1../s1. The zero-order valence-electron chi connectivity index (χ0n) is 17.5. The third kappa shape index (κ3) is 6.69. The quantitative estimate of drug-likeness (QED) is 0.256.